The molecule has 1 aromatic rings. The molecule has 1 aliphatic heterocycles. The molecule has 0 radical (unpaired) electrons. The minimum atomic E-state index is -0.131. The van der Waals surface area contributed by atoms with Crippen molar-refractivity contribution in [2.45, 2.75) is 13.0 Å². The minimum absolute atomic E-state index is 0.0950. The second-order valence-corrected chi connectivity index (χ2v) is 3.46. The largest absolute Gasteiger partial charge is 0.492 e. The zero-order chi connectivity index (χ0) is 9.97. The Morgan fingerprint density at radius 2 is 1.93 bits per heavy atom. The van der Waals surface area contributed by atoms with E-state index in [9.17, 15) is 4.79 Å². The molecule has 2 rings (SSSR count). The van der Waals surface area contributed by atoms with Gasteiger partial charge in [0.05, 0.1) is 12.2 Å². The van der Waals surface area contributed by atoms with E-state index in [0.717, 1.165) is 5.56 Å². The Kier molecular flexibility index (Phi) is 2.35. The quantitative estimate of drug-likeness (QED) is 0.676. The van der Waals surface area contributed by atoms with Crippen LogP contribution in [0.4, 0.5) is 0 Å². The molecular formula is C12H12O2. The van der Waals surface area contributed by atoms with Crippen molar-refractivity contribution in [2.24, 2.45) is 5.92 Å². The zero-order valence-electron chi connectivity index (χ0n) is 8.01. The first-order chi connectivity index (χ1) is 6.79. The number of benzene rings is 1. The van der Waals surface area contributed by atoms with E-state index in [4.69, 9.17) is 4.74 Å². The van der Waals surface area contributed by atoms with Crippen molar-refractivity contribution < 1.29 is 9.53 Å². The van der Waals surface area contributed by atoms with Gasteiger partial charge < -0.3 is 4.74 Å². The Morgan fingerprint density at radius 3 is 2.64 bits per heavy atom. The lowest BCUT2D eigenvalue weighted by Crippen LogP contribution is -2.22. The first-order valence-electron chi connectivity index (χ1n) is 4.70. The van der Waals surface area contributed by atoms with Crippen molar-refractivity contribution in [3.8, 4) is 0 Å². The number of carbonyl (C=O) groups excluding carboxylic acids is 1. The van der Waals surface area contributed by atoms with Gasteiger partial charge in [0.2, 0.25) is 0 Å². The Labute approximate surface area is 83.2 Å². The van der Waals surface area contributed by atoms with E-state index >= 15 is 0 Å². The van der Waals surface area contributed by atoms with E-state index < -0.39 is 0 Å². The van der Waals surface area contributed by atoms with Crippen LogP contribution in [0, 0.1) is 5.92 Å². The van der Waals surface area contributed by atoms with Gasteiger partial charge in [0.1, 0.15) is 6.10 Å². The molecule has 1 aromatic carbocycles. The van der Waals surface area contributed by atoms with Gasteiger partial charge in [0.25, 0.3) is 0 Å². The monoisotopic (exact) mass is 188 g/mol. The van der Waals surface area contributed by atoms with Crippen LogP contribution in [-0.4, -0.2) is 5.78 Å². The van der Waals surface area contributed by atoms with Crippen LogP contribution in [-0.2, 0) is 9.53 Å². The van der Waals surface area contributed by atoms with Crippen molar-refractivity contribution >= 4 is 5.78 Å². The lowest BCUT2D eigenvalue weighted by molar-refractivity contribution is -0.123. The van der Waals surface area contributed by atoms with Crippen LogP contribution >= 0.6 is 0 Å². The summed E-state index contributed by atoms with van der Waals surface area (Å²) in [6.07, 6.45) is 2.85. The molecule has 1 aliphatic rings. The molecule has 0 saturated carbocycles. The van der Waals surface area contributed by atoms with Crippen LogP contribution in [0.3, 0.4) is 0 Å². The SMILES string of the molecule is CC1C(=O)C=COC1c1ccccc1. The van der Waals surface area contributed by atoms with Gasteiger partial charge in [-0.3, -0.25) is 4.79 Å². The highest BCUT2D eigenvalue weighted by atomic mass is 16.5. The van der Waals surface area contributed by atoms with Crippen molar-refractivity contribution in [1.29, 1.82) is 0 Å². The topological polar surface area (TPSA) is 26.3 Å². The summed E-state index contributed by atoms with van der Waals surface area (Å²) in [5, 5.41) is 0. The first-order valence-corrected chi connectivity index (χ1v) is 4.70. The van der Waals surface area contributed by atoms with Gasteiger partial charge in [0, 0.05) is 6.08 Å². The predicted octanol–water partition coefficient (Wildman–Crippen LogP) is 2.48. The fourth-order valence-electron chi connectivity index (χ4n) is 1.62. The number of hydrogen-bond acceptors (Lipinski definition) is 2. The van der Waals surface area contributed by atoms with E-state index in [1.807, 2.05) is 37.3 Å². The van der Waals surface area contributed by atoms with E-state index in [2.05, 4.69) is 0 Å². The number of rotatable bonds is 1. The molecule has 0 bridgehead atoms. The summed E-state index contributed by atoms with van der Waals surface area (Å²) < 4.78 is 5.45. The molecule has 0 saturated heterocycles. The first kappa shape index (κ1) is 9.00. The van der Waals surface area contributed by atoms with Gasteiger partial charge in [0.15, 0.2) is 5.78 Å². The summed E-state index contributed by atoms with van der Waals surface area (Å²) in [5.41, 5.74) is 1.05. The average Bonchev–Trinajstić information content (AvgIpc) is 2.23. The standard InChI is InChI=1S/C12H12O2/c1-9-11(13)7-8-14-12(9)10-5-3-2-4-6-10/h2-9,12H,1H3. The number of allylic oxidation sites excluding steroid dienone is 1. The van der Waals surface area contributed by atoms with Crippen molar-refractivity contribution in [3.63, 3.8) is 0 Å². The zero-order valence-corrected chi connectivity index (χ0v) is 8.01. The fourth-order valence-corrected chi connectivity index (χ4v) is 1.62. The molecule has 0 aliphatic carbocycles. The van der Waals surface area contributed by atoms with Gasteiger partial charge >= 0.3 is 0 Å². The average molecular weight is 188 g/mol. The molecular weight excluding hydrogens is 176 g/mol. The number of carbonyl (C=O) groups is 1. The highest BCUT2D eigenvalue weighted by molar-refractivity contribution is 5.92. The second kappa shape index (κ2) is 3.66. The molecule has 2 unspecified atom stereocenters. The van der Waals surface area contributed by atoms with Crippen LogP contribution in [0.15, 0.2) is 42.7 Å². The Balaban J connectivity index is 2.28. The smallest absolute Gasteiger partial charge is 0.165 e. The van der Waals surface area contributed by atoms with E-state index in [0.29, 0.717) is 0 Å². The third-order valence-electron chi connectivity index (χ3n) is 2.49. The maximum Gasteiger partial charge on any atom is 0.165 e. The van der Waals surface area contributed by atoms with Crippen LogP contribution in [0.2, 0.25) is 0 Å². The molecule has 0 aromatic heterocycles. The number of ketones is 1. The third kappa shape index (κ3) is 1.55. The van der Waals surface area contributed by atoms with Crippen LogP contribution in [0.1, 0.15) is 18.6 Å². The van der Waals surface area contributed by atoms with Crippen LogP contribution < -0.4 is 0 Å². The number of ether oxygens (including phenoxy) is 1. The van der Waals surface area contributed by atoms with Gasteiger partial charge in [-0.05, 0) is 5.56 Å². The highest BCUT2D eigenvalue weighted by Gasteiger charge is 2.27. The molecule has 0 fully saturated rings. The normalized spacial score (nSPS) is 25.9. The molecule has 2 nitrogen and oxygen atoms in total. The molecule has 2 heteroatoms. The summed E-state index contributed by atoms with van der Waals surface area (Å²) >= 11 is 0. The van der Waals surface area contributed by atoms with E-state index in [1.165, 1.54) is 12.3 Å². The predicted molar refractivity (Wildman–Crippen MR) is 53.6 cm³/mol. The van der Waals surface area contributed by atoms with Crippen LogP contribution in [0.25, 0.3) is 0 Å². The van der Waals surface area contributed by atoms with Crippen molar-refractivity contribution in [2.75, 3.05) is 0 Å². The second-order valence-electron chi connectivity index (χ2n) is 3.46. The summed E-state index contributed by atoms with van der Waals surface area (Å²) in [6.45, 7) is 1.89. The van der Waals surface area contributed by atoms with E-state index in [-0.39, 0.29) is 17.8 Å². The maximum atomic E-state index is 11.4. The van der Waals surface area contributed by atoms with Gasteiger partial charge in [-0.25, -0.2) is 0 Å². The van der Waals surface area contributed by atoms with Crippen LogP contribution in [0.5, 0.6) is 0 Å². The van der Waals surface area contributed by atoms with Crippen molar-refractivity contribution in [3.05, 3.63) is 48.2 Å². The minimum Gasteiger partial charge on any atom is -0.492 e. The molecule has 0 spiro atoms. The summed E-state index contributed by atoms with van der Waals surface area (Å²) in [6, 6.07) is 9.82. The molecule has 0 amide bonds. The fraction of sp³-hybridized carbons (Fsp3) is 0.250. The summed E-state index contributed by atoms with van der Waals surface area (Å²) in [7, 11) is 0. The summed E-state index contributed by atoms with van der Waals surface area (Å²) in [4.78, 5) is 11.4. The molecule has 0 N–H and O–H groups in total. The molecule has 72 valence electrons. The lowest BCUT2D eigenvalue weighted by Gasteiger charge is -2.25. The molecule has 2 atom stereocenters. The highest BCUT2D eigenvalue weighted by Crippen LogP contribution is 2.29. The maximum absolute atomic E-state index is 11.4. The van der Waals surface area contributed by atoms with E-state index in [1.54, 1.807) is 0 Å². The van der Waals surface area contributed by atoms with Gasteiger partial charge in [-0.15, -0.1) is 0 Å². The third-order valence-corrected chi connectivity index (χ3v) is 2.49. The van der Waals surface area contributed by atoms with Gasteiger partial charge in [-0.2, -0.15) is 0 Å². The Morgan fingerprint density at radius 1 is 1.21 bits per heavy atom. The number of hydrogen-bond donors (Lipinski definition) is 0. The lowest BCUT2D eigenvalue weighted by atomic mass is 9.92. The molecule has 14 heavy (non-hydrogen) atoms. The van der Waals surface area contributed by atoms with Crippen molar-refractivity contribution in [1.82, 2.24) is 0 Å². The van der Waals surface area contributed by atoms with Gasteiger partial charge in [-0.1, -0.05) is 37.3 Å². The molecule has 1 heterocycles. The Hall–Kier alpha value is -1.57. The Bertz CT molecular complexity index is 354. The summed E-state index contributed by atoms with van der Waals surface area (Å²) in [5.74, 6) is 0.0347.